The number of anilines is 2. The van der Waals surface area contributed by atoms with Gasteiger partial charge in [0, 0.05) is 13.0 Å². The van der Waals surface area contributed by atoms with Crippen LogP contribution >= 0.6 is 0 Å². The fraction of sp³-hybridized carbons (Fsp3) is 0.250. The molecule has 7 nitrogen and oxygen atoms in total. The van der Waals surface area contributed by atoms with Crippen molar-refractivity contribution in [3.63, 3.8) is 0 Å². The molecule has 1 heterocycles. The molecule has 3 rings (SSSR count). The minimum atomic E-state index is -0.602. The molecule has 7 heteroatoms. The number of para-hydroxylation sites is 2. The van der Waals surface area contributed by atoms with Crippen LogP contribution in [-0.2, 0) is 9.59 Å². The first kappa shape index (κ1) is 18.3. The monoisotopic (exact) mass is 365 g/mol. The number of carbonyl (C=O) groups excluding carboxylic acids is 2. The molecule has 2 amide bonds. The number of amides is 2. The van der Waals surface area contributed by atoms with E-state index in [1.807, 2.05) is 18.2 Å². The molecule has 0 aliphatic carbocycles. The maximum absolute atomic E-state index is 12.5. The van der Waals surface area contributed by atoms with Gasteiger partial charge < -0.3 is 19.7 Å². The zero-order valence-corrected chi connectivity index (χ0v) is 15.1. The first-order valence-corrected chi connectivity index (χ1v) is 8.48. The molecule has 1 aliphatic rings. The van der Waals surface area contributed by atoms with Crippen LogP contribution < -0.4 is 19.7 Å². The number of nitrogens with zero attached hydrogens (tertiary/aromatic N) is 2. The standard InChI is InChI=1S/C20H19N3O4/c1-13-20(25)23(16-5-3-4-6-18(16)27-13)10-9-19(24)22-15-11-14(12-21)7-8-17(15)26-2/h3-8,11,13H,9-10H2,1-2H3,(H,22,24). The highest BCUT2D eigenvalue weighted by molar-refractivity contribution is 6.01. The Hall–Kier alpha value is -3.53. The number of rotatable bonds is 5. The Labute approximate surface area is 157 Å². The molecule has 0 fully saturated rings. The van der Waals surface area contributed by atoms with Gasteiger partial charge >= 0.3 is 0 Å². The highest BCUT2D eigenvalue weighted by atomic mass is 16.5. The van der Waals surface area contributed by atoms with Gasteiger partial charge in [0.15, 0.2) is 6.10 Å². The van der Waals surface area contributed by atoms with Crippen molar-refractivity contribution < 1.29 is 19.1 Å². The summed E-state index contributed by atoms with van der Waals surface area (Å²) in [6, 6.07) is 14.0. The van der Waals surface area contributed by atoms with Crippen LogP contribution in [0.5, 0.6) is 11.5 Å². The minimum Gasteiger partial charge on any atom is -0.495 e. The quantitative estimate of drug-likeness (QED) is 0.880. The Balaban J connectivity index is 1.71. The number of carbonyl (C=O) groups is 2. The third-order valence-corrected chi connectivity index (χ3v) is 4.24. The van der Waals surface area contributed by atoms with Gasteiger partial charge in [-0.3, -0.25) is 9.59 Å². The van der Waals surface area contributed by atoms with Crippen LogP contribution in [0.4, 0.5) is 11.4 Å². The Kier molecular flexibility index (Phi) is 5.27. The molecule has 0 saturated heterocycles. The van der Waals surface area contributed by atoms with Gasteiger partial charge in [0.05, 0.1) is 30.1 Å². The molecule has 0 saturated carbocycles. The summed E-state index contributed by atoms with van der Waals surface area (Å²) < 4.78 is 10.8. The number of methoxy groups -OCH3 is 1. The normalized spacial score (nSPS) is 15.4. The average molecular weight is 365 g/mol. The Morgan fingerprint density at radius 1 is 1.33 bits per heavy atom. The van der Waals surface area contributed by atoms with Crippen LogP contribution in [0.15, 0.2) is 42.5 Å². The topological polar surface area (TPSA) is 91.7 Å². The molecule has 1 atom stereocenters. The van der Waals surface area contributed by atoms with Crippen molar-refractivity contribution in [3.05, 3.63) is 48.0 Å². The largest absolute Gasteiger partial charge is 0.495 e. The van der Waals surface area contributed by atoms with Crippen molar-refractivity contribution >= 4 is 23.2 Å². The van der Waals surface area contributed by atoms with Gasteiger partial charge in [0.25, 0.3) is 5.91 Å². The van der Waals surface area contributed by atoms with Crippen LogP contribution in [0.3, 0.4) is 0 Å². The van der Waals surface area contributed by atoms with Gasteiger partial charge in [-0.25, -0.2) is 0 Å². The van der Waals surface area contributed by atoms with Crippen LogP contribution in [0.1, 0.15) is 18.9 Å². The minimum absolute atomic E-state index is 0.0900. The van der Waals surface area contributed by atoms with Crippen LogP contribution in [-0.4, -0.2) is 31.6 Å². The molecule has 1 aliphatic heterocycles. The van der Waals surface area contributed by atoms with E-state index in [-0.39, 0.29) is 24.8 Å². The lowest BCUT2D eigenvalue weighted by Crippen LogP contribution is -2.45. The fourth-order valence-corrected chi connectivity index (χ4v) is 2.89. The fourth-order valence-electron chi connectivity index (χ4n) is 2.89. The second-order valence-electron chi connectivity index (χ2n) is 6.04. The Morgan fingerprint density at radius 3 is 2.85 bits per heavy atom. The number of fused-ring (bicyclic) bond motifs is 1. The SMILES string of the molecule is COc1ccc(C#N)cc1NC(=O)CCN1C(=O)C(C)Oc2ccccc21. The number of nitriles is 1. The first-order chi connectivity index (χ1) is 13.0. The second kappa shape index (κ2) is 7.79. The Bertz CT molecular complexity index is 920. The highest BCUT2D eigenvalue weighted by Crippen LogP contribution is 2.33. The predicted molar refractivity (Wildman–Crippen MR) is 99.8 cm³/mol. The molecule has 2 aromatic carbocycles. The molecule has 1 unspecified atom stereocenters. The van der Waals surface area contributed by atoms with Gasteiger partial charge in [0.2, 0.25) is 5.91 Å². The summed E-state index contributed by atoms with van der Waals surface area (Å²) in [5.41, 5.74) is 1.48. The average Bonchev–Trinajstić information content (AvgIpc) is 2.68. The predicted octanol–water partition coefficient (Wildman–Crippen LogP) is 2.71. The van der Waals surface area contributed by atoms with Gasteiger partial charge in [-0.2, -0.15) is 5.26 Å². The van der Waals surface area contributed by atoms with E-state index in [0.29, 0.717) is 28.4 Å². The van der Waals surface area contributed by atoms with E-state index in [2.05, 4.69) is 5.32 Å². The maximum Gasteiger partial charge on any atom is 0.267 e. The lowest BCUT2D eigenvalue weighted by atomic mass is 10.1. The van der Waals surface area contributed by atoms with Crippen molar-refractivity contribution in [1.82, 2.24) is 0 Å². The number of hydrogen-bond acceptors (Lipinski definition) is 5. The van der Waals surface area contributed by atoms with E-state index >= 15 is 0 Å². The molecule has 0 radical (unpaired) electrons. The van der Waals surface area contributed by atoms with Crippen LogP contribution in [0.25, 0.3) is 0 Å². The van der Waals surface area contributed by atoms with Gasteiger partial charge in [-0.1, -0.05) is 12.1 Å². The summed E-state index contributed by atoms with van der Waals surface area (Å²) in [5, 5.41) is 11.8. The van der Waals surface area contributed by atoms with Crippen molar-refractivity contribution in [2.45, 2.75) is 19.4 Å². The Morgan fingerprint density at radius 2 is 2.11 bits per heavy atom. The van der Waals surface area contributed by atoms with E-state index in [4.69, 9.17) is 14.7 Å². The summed E-state index contributed by atoms with van der Waals surface area (Å²) >= 11 is 0. The van der Waals surface area contributed by atoms with Crippen LogP contribution in [0.2, 0.25) is 0 Å². The third kappa shape index (κ3) is 3.85. The van der Waals surface area contributed by atoms with Crippen molar-refractivity contribution in [2.75, 3.05) is 23.9 Å². The molecule has 27 heavy (non-hydrogen) atoms. The van der Waals surface area contributed by atoms with Gasteiger partial charge in [-0.15, -0.1) is 0 Å². The van der Waals surface area contributed by atoms with E-state index < -0.39 is 6.10 Å². The van der Waals surface area contributed by atoms with E-state index in [0.717, 1.165) is 0 Å². The summed E-state index contributed by atoms with van der Waals surface area (Å²) in [5.74, 6) is 0.607. The number of nitrogens with one attached hydrogen (secondary N) is 1. The molecular weight excluding hydrogens is 346 g/mol. The van der Waals surface area contributed by atoms with E-state index in [9.17, 15) is 9.59 Å². The molecular formula is C20H19N3O4. The third-order valence-electron chi connectivity index (χ3n) is 4.24. The molecule has 138 valence electrons. The molecule has 0 bridgehead atoms. The summed E-state index contributed by atoms with van der Waals surface area (Å²) in [6.45, 7) is 1.90. The number of ether oxygens (including phenoxy) is 2. The highest BCUT2D eigenvalue weighted by Gasteiger charge is 2.31. The molecule has 0 aromatic heterocycles. The summed E-state index contributed by atoms with van der Waals surface area (Å²) in [7, 11) is 1.49. The van der Waals surface area contributed by atoms with Gasteiger partial charge in [0.1, 0.15) is 11.5 Å². The van der Waals surface area contributed by atoms with E-state index in [1.54, 1.807) is 42.2 Å². The second-order valence-corrected chi connectivity index (χ2v) is 6.04. The molecule has 2 aromatic rings. The zero-order chi connectivity index (χ0) is 19.4. The first-order valence-electron chi connectivity index (χ1n) is 8.48. The lowest BCUT2D eigenvalue weighted by Gasteiger charge is -2.32. The zero-order valence-electron chi connectivity index (χ0n) is 15.1. The molecule has 0 spiro atoms. The van der Waals surface area contributed by atoms with Crippen molar-refractivity contribution in [2.24, 2.45) is 0 Å². The maximum atomic E-state index is 12.5. The lowest BCUT2D eigenvalue weighted by molar-refractivity contribution is -0.125. The molecule has 1 N–H and O–H groups in total. The summed E-state index contributed by atoms with van der Waals surface area (Å²) in [4.78, 5) is 26.4. The van der Waals surface area contributed by atoms with E-state index in [1.165, 1.54) is 7.11 Å². The summed E-state index contributed by atoms with van der Waals surface area (Å²) in [6.07, 6.45) is -0.512. The number of hydrogen-bond donors (Lipinski definition) is 1. The van der Waals surface area contributed by atoms with Gasteiger partial charge in [-0.05, 0) is 37.3 Å². The van der Waals surface area contributed by atoms with Crippen molar-refractivity contribution in [3.8, 4) is 17.6 Å². The van der Waals surface area contributed by atoms with Crippen molar-refractivity contribution in [1.29, 1.82) is 5.26 Å². The van der Waals surface area contributed by atoms with Crippen LogP contribution in [0, 0.1) is 11.3 Å². The number of benzene rings is 2. The smallest absolute Gasteiger partial charge is 0.267 e.